The predicted octanol–water partition coefficient (Wildman–Crippen LogP) is 3.04. The molecule has 1 saturated carbocycles. The van der Waals surface area contributed by atoms with Crippen LogP contribution in [0, 0.1) is 12.3 Å². The number of nitrogens with one attached hydrogen (secondary N) is 1. The van der Waals surface area contributed by atoms with Crippen LogP contribution in [0.15, 0.2) is 22.7 Å². The zero-order chi connectivity index (χ0) is 14.0. The molecule has 0 radical (unpaired) electrons. The summed E-state index contributed by atoms with van der Waals surface area (Å²) in [5, 5.41) is 2.80. The van der Waals surface area contributed by atoms with Gasteiger partial charge in [0, 0.05) is 10.2 Å². The van der Waals surface area contributed by atoms with Crippen molar-refractivity contribution in [2.45, 2.75) is 26.2 Å². The molecule has 1 aliphatic carbocycles. The first-order valence-electron chi connectivity index (χ1n) is 6.15. The third-order valence-electron chi connectivity index (χ3n) is 3.65. The van der Waals surface area contributed by atoms with Gasteiger partial charge in [-0.3, -0.25) is 9.59 Å². The smallest absolute Gasteiger partial charge is 0.321 e. The van der Waals surface area contributed by atoms with Crippen LogP contribution in [-0.2, 0) is 14.3 Å². The SMILES string of the molecule is COC(=O)C1(C(=O)Nc2ccc(C)c(Br)c2)CCC1. The van der Waals surface area contributed by atoms with Gasteiger partial charge in [0.15, 0.2) is 0 Å². The fraction of sp³-hybridized carbons (Fsp3) is 0.429. The first-order valence-corrected chi connectivity index (χ1v) is 6.95. The van der Waals surface area contributed by atoms with E-state index in [0.717, 1.165) is 16.5 Å². The van der Waals surface area contributed by atoms with Gasteiger partial charge in [0.25, 0.3) is 0 Å². The van der Waals surface area contributed by atoms with Crippen LogP contribution >= 0.6 is 15.9 Å². The minimum atomic E-state index is -0.994. The second-order valence-corrected chi connectivity index (χ2v) is 5.70. The van der Waals surface area contributed by atoms with Crippen LogP contribution in [0.5, 0.6) is 0 Å². The van der Waals surface area contributed by atoms with Crippen molar-refractivity contribution >= 4 is 33.5 Å². The van der Waals surface area contributed by atoms with Gasteiger partial charge in [0.05, 0.1) is 7.11 Å². The normalized spacial score (nSPS) is 16.4. The minimum absolute atomic E-state index is 0.277. The largest absolute Gasteiger partial charge is 0.468 e. The molecule has 1 aromatic rings. The van der Waals surface area contributed by atoms with Crippen molar-refractivity contribution in [3.63, 3.8) is 0 Å². The molecule has 4 nitrogen and oxygen atoms in total. The summed E-state index contributed by atoms with van der Waals surface area (Å²) in [6, 6.07) is 5.56. The van der Waals surface area contributed by atoms with E-state index in [1.807, 2.05) is 25.1 Å². The van der Waals surface area contributed by atoms with E-state index in [1.54, 1.807) is 0 Å². The Labute approximate surface area is 120 Å². The summed E-state index contributed by atoms with van der Waals surface area (Å²) in [6.07, 6.45) is 1.98. The molecule has 5 heteroatoms. The van der Waals surface area contributed by atoms with E-state index in [0.29, 0.717) is 18.5 Å². The van der Waals surface area contributed by atoms with Gasteiger partial charge in [-0.25, -0.2) is 0 Å². The van der Waals surface area contributed by atoms with Crippen molar-refractivity contribution < 1.29 is 14.3 Å². The summed E-state index contributed by atoms with van der Waals surface area (Å²) in [7, 11) is 1.32. The Morgan fingerprint density at radius 3 is 2.53 bits per heavy atom. The van der Waals surface area contributed by atoms with Gasteiger partial charge in [0.2, 0.25) is 5.91 Å². The summed E-state index contributed by atoms with van der Waals surface area (Å²) in [5.41, 5.74) is 0.772. The maximum Gasteiger partial charge on any atom is 0.321 e. The van der Waals surface area contributed by atoms with E-state index in [9.17, 15) is 9.59 Å². The average molecular weight is 326 g/mol. The molecule has 19 heavy (non-hydrogen) atoms. The van der Waals surface area contributed by atoms with E-state index in [4.69, 9.17) is 4.74 Å². The van der Waals surface area contributed by atoms with Crippen molar-refractivity contribution in [3.8, 4) is 0 Å². The lowest BCUT2D eigenvalue weighted by molar-refractivity contribution is -0.163. The molecule has 0 bridgehead atoms. The number of benzene rings is 1. The summed E-state index contributed by atoms with van der Waals surface area (Å²) in [4.78, 5) is 24.1. The number of carbonyl (C=O) groups excluding carboxylic acids is 2. The zero-order valence-electron chi connectivity index (χ0n) is 11.0. The molecule has 0 heterocycles. The van der Waals surface area contributed by atoms with Crippen LogP contribution in [-0.4, -0.2) is 19.0 Å². The third-order valence-corrected chi connectivity index (χ3v) is 4.50. The topological polar surface area (TPSA) is 55.4 Å². The van der Waals surface area contributed by atoms with Crippen LogP contribution < -0.4 is 5.32 Å². The van der Waals surface area contributed by atoms with Gasteiger partial charge < -0.3 is 10.1 Å². The van der Waals surface area contributed by atoms with Crippen molar-refractivity contribution in [1.29, 1.82) is 0 Å². The molecule has 0 aliphatic heterocycles. The number of amides is 1. The predicted molar refractivity (Wildman–Crippen MR) is 75.8 cm³/mol. The second-order valence-electron chi connectivity index (χ2n) is 4.85. The van der Waals surface area contributed by atoms with E-state index < -0.39 is 11.4 Å². The molecule has 0 aromatic heterocycles. The molecule has 0 spiro atoms. The standard InChI is InChI=1S/C14H16BrNO3/c1-9-4-5-10(8-11(9)15)16-12(17)14(6-3-7-14)13(18)19-2/h4-5,8H,3,6-7H2,1-2H3,(H,16,17). The van der Waals surface area contributed by atoms with E-state index >= 15 is 0 Å². The summed E-state index contributed by atoms with van der Waals surface area (Å²) >= 11 is 3.42. The highest BCUT2D eigenvalue weighted by molar-refractivity contribution is 9.10. The molecule has 1 amide bonds. The Morgan fingerprint density at radius 2 is 2.05 bits per heavy atom. The maximum absolute atomic E-state index is 12.3. The molecule has 2 rings (SSSR count). The van der Waals surface area contributed by atoms with Gasteiger partial charge in [-0.2, -0.15) is 0 Å². The molecule has 0 saturated heterocycles. The highest BCUT2D eigenvalue weighted by atomic mass is 79.9. The van der Waals surface area contributed by atoms with E-state index in [2.05, 4.69) is 21.2 Å². The van der Waals surface area contributed by atoms with Crippen LogP contribution in [0.4, 0.5) is 5.69 Å². The molecule has 0 unspecified atom stereocenters. The van der Waals surface area contributed by atoms with Crippen molar-refractivity contribution in [2.24, 2.45) is 5.41 Å². The minimum Gasteiger partial charge on any atom is -0.468 e. The summed E-state index contributed by atoms with van der Waals surface area (Å²) in [6.45, 7) is 1.97. The zero-order valence-corrected chi connectivity index (χ0v) is 12.5. The molecule has 0 atom stereocenters. The monoisotopic (exact) mass is 325 g/mol. The molecule has 1 aromatic carbocycles. The number of carbonyl (C=O) groups is 2. The second kappa shape index (κ2) is 5.33. The first kappa shape index (κ1) is 14.1. The molecule has 1 aliphatic rings. The highest BCUT2D eigenvalue weighted by Crippen LogP contribution is 2.43. The maximum atomic E-state index is 12.3. The summed E-state index contributed by atoms with van der Waals surface area (Å²) in [5.74, 6) is -0.719. The van der Waals surface area contributed by atoms with Crippen LogP contribution in [0.3, 0.4) is 0 Å². The molecule has 1 N–H and O–H groups in total. The third kappa shape index (κ3) is 2.52. The van der Waals surface area contributed by atoms with Gasteiger partial charge >= 0.3 is 5.97 Å². The summed E-state index contributed by atoms with van der Waals surface area (Å²) < 4.78 is 5.67. The molecular weight excluding hydrogens is 310 g/mol. The highest BCUT2D eigenvalue weighted by Gasteiger charge is 2.52. The van der Waals surface area contributed by atoms with E-state index in [-0.39, 0.29) is 5.91 Å². The van der Waals surface area contributed by atoms with Crippen molar-refractivity contribution in [1.82, 2.24) is 0 Å². The Balaban J connectivity index is 2.16. The lowest BCUT2D eigenvalue weighted by Crippen LogP contribution is -2.48. The van der Waals surface area contributed by atoms with Crippen LogP contribution in [0.25, 0.3) is 0 Å². The fourth-order valence-electron chi connectivity index (χ4n) is 2.17. The number of rotatable bonds is 3. The number of anilines is 1. The van der Waals surface area contributed by atoms with Gasteiger partial charge in [0.1, 0.15) is 5.41 Å². The lowest BCUT2D eigenvalue weighted by Gasteiger charge is -2.37. The average Bonchev–Trinajstić information content (AvgIpc) is 2.32. The Morgan fingerprint density at radius 1 is 1.37 bits per heavy atom. The van der Waals surface area contributed by atoms with Crippen molar-refractivity contribution in [3.05, 3.63) is 28.2 Å². The van der Waals surface area contributed by atoms with Gasteiger partial charge in [-0.15, -0.1) is 0 Å². The number of ether oxygens (including phenoxy) is 1. The van der Waals surface area contributed by atoms with Gasteiger partial charge in [-0.05, 0) is 37.5 Å². The van der Waals surface area contributed by atoms with Crippen LogP contribution in [0.1, 0.15) is 24.8 Å². The first-order chi connectivity index (χ1) is 8.99. The number of halogens is 1. The fourth-order valence-corrected chi connectivity index (χ4v) is 2.55. The lowest BCUT2D eigenvalue weighted by atomic mass is 9.68. The quantitative estimate of drug-likeness (QED) is 0.686. The van der Waals surface area contributed by atoms with Gasteiger partial charge in [-0.1, -0.05) is 28.4 Å². The molecule has 1 fully saturated rings. The number of hydrogen-bond acceptors (Lipinski definition) is 3. The Kier molecular flexibility index (Phi) is 3.94. The number of esters is 1. The number of hydrogen-bond donors (Lipinski definition) is 1. The van der Waals surface area contributed by atoms with Crippen LogP contribution in [0.2, 0.25) is 0 Å². The molecular formula is C14H16BrNO3. The van der Waals surface area contributed by atoms with E-state index in [1.165, 1.54) is 7.11 Å². The number of methoxy groups -OCH3 is 1. The number of aryl methyl sites for hydroxylation is 1. The molecule has 102 valence electrons. The Hall–Kier alpha value is -1.36. The van der Waals surface area contributed by atoms with Crippen molar-refractivity contribution in [2.75, 3.05) is 12.4 Å². The Bertz CT molecular complexity index is 523.